The van der Waals surface area contributed by atoms with Crippen LogP contribution in [0.15, 0.2) is 60.9 Å². The SMILES string of the molecule is [2H]C([2H])([2H])C([N+]#[C-])(c1cccc(CCC(=O)O)c1)c1cnc(-c2cc(Oc3c(F)c(F)c4[nH]ccc4c3F)ccc2F)[nH]1. The molecule has 0 saturated heterocycles. The summed E-state index contributed by atoms with van der Waals surface area (Å²) in [5, 5.41) is 8.75. The quantitative estimate of drug-likeness (QED) is 0.109. The summed E-state index contributed by atoms with van der Waals surface area (Å²) in [6, 6.07) is 10.1. The normalized spacial score (nSPS) is 14.1. The second kappa shape index (κ2) is 10.2. The Morgan fingerprint density at radius 2 is 1.98 bits per heavy atom. The molecule has 2 heterocycles. The molecular formula is C29H20F4N4O3. The fraction of sp³-hybridized carbons (Fsp3) is 0.138. The molecule has 0 amide bonds. The fourth-order valence-corrected chi connectivity index (χ4v) is 4.24. The minimum Gasteiger partial charge on any atom is -0.481 e. The number of hydrogen-bond donors (Lipinski definition) is 3. The van der Waals surface area contributed by atoms with E-state index in [9.17, 15) is 22.4 Å². The van der Waals surface area contributed by atoms with Gasteiger partial charge in [0, 0.05) is 34.5 Å². The largest absolute Gasteiger partial charge is 0.481 e. The van der Waals surface area contributed by atoms with Crippen LogP contribution in [0.25, 0.3) is 27.1 Å². The monoisotopic (exact) mass is 551 g/mol. The minimum absolute atomic E-state index is 0.0336. The second-order valence-corrected chi connectivity index (χ2v) is 8.84. The Morgan fingerprint density at radius 1 is 1.15 bits per heavy atom. The lowest BCUT2D eigenvalue weighted by Gasteiger charge is -2.17. The predicted octanol–water partition coefficient (Wildman–Crippen LogP) is 7.11. The Balaban J connectivity index is 1.56. The van der Waals surface area contributed by atoms with Gasteiger partial charge in [0.15, 0.2) is 11.6 Å². The molecule has 11 heteroatoms. The number of rotatable bonds is 8. The first kappa shape index (κ1) is 22.8. The van der Waals surface area contributed by atoms with E-state index in [2.05, 4.69) is 19.8 Å². The average molecular weight is 552 g/mol. The first-order valence-corrected chi connectivity index (χ1v) is 11.7. The number of aromatic nitrogens is 3. The number of nitrogens with zero attached hydrogens (tertiary/aromatic N) is 2. The number of aryl methyl sites for hydroxylation is 1. The lowest BCUT2D eigenvalue weighted by molar-refractivity contribution is -0.136. The highest BCUT2D eigenvalue weighted by Gasteiger charge is 2.38. The number of halogens is 4. The second-order valence-electron chi connectivity index (χ2n) is 8.84. The van der Waals surface area contributed by atoms with Crippen LogP contribution in [0.5, 0.6) is 11.5 Å². The van der Waals surface area contributed by atoms with E-state index in [1.54, 1.807) is 6.07 Å². The first-order chi connectivity index (χ1) is 20.4. The molecule has 2 aromatic heterocycles. The number of ether oxygens (including phenoxy) is 1. The summed E-state index contributed by atoms with van der Waals surface area (Å²) in [5.74, 6) is -7.68. The maximum absolute atomic E-state index is 15.0. The number of benzene rings is 3. The van der Waals surface area contributed by atoms with Crippen LogP contribution in [0.2, 0.25) is 0 Å². The van der Waals surface area contributed by atoms with E-state index in [4.69, 9.17) is 20.5 Å². The van der Waals surface area contributed by atoms with Crippen LogP contribution in [0.4, 0.5) is 17.6 Å². The number of fused-ring (bicyclic) bond motifs is 1. The molecule has 0 radical (unpaired) electrons. The molecule has 3 N–H and O–H groups in total. The highest BCUT2D eigenvalue weighted by molar-refractivity contribution is 5.82. The Kier molecular flexibility index (Phi) is 5.84. The van der Waals surface area contributed by atoms with Crippen molar-refractivity contribution in [2.45, 2.75) is 25.2 Å². The molecular weight excluding hydrogens is 528 g/mol. The third kappa shape index (κ3) is 4.64. The maximum atomic E-state index is 15.0. The van der Waals surface area contributed by atoms with Gasteiger partial charge in [-0.25, -0.2) is 24.7 Å². The van der Waals surface area contributed by atoms with E-state index in [0.717, 1.165) is 24.4 Å². The summed E-state index contributed by atoms with van der Waals surface area (Å²) in [5.41, 5.74) is -2.72. The summed E-state index contributed by atoms with van der Waals surface area (Å²) in [6.07, 6.45) is 2.16. The van der Waals surface area contributed by atoms with Gasteiger partial charge in [0.1, 0.15) is 23.1 Å². The molecule has 7 nitrogen and oxygen atoms in total. The van der Waals surface area contributed by atoms with E-state index in [1.165, 1.54) is 30.5 Å². The molecule has 0 bridgehead atoms. The van der Waals surface area contributed by atoms with Crippen LogP contribution < -0.4 is 4.74 Å². The molecule has 1 unspecified atom stereocenters. The van der Waals surface area contributed by atoms with E-state index in [1.807, 2.05) is 0 Å². The third-order valence-electron chi connectivity index (χ3n) is 6.31. The van der Waals surface area contributed by atoms with Crippen molar-refractivity contribution in [2.75, 3.05) is 0 Å². The zero-order valence-corrected chi connectivity index (χ0v) is 20.4. The van der Waals surface area contributed by atoms with Gasteiger partial charge in [-0.15, -0.1) is 0 Å². The Labute approximate surface area is 229 Å². The van der Waals surface area contributed by atoms with Crippen LogP contribution in [-0.2, 0) is 16.8 Å². The van der Waals surface area contributed by atoms with Crippen molar-refractivity contribution in [1.29, 1.82) is 0 Å². The van der Waals surface area contributed by atoms with Crippen molar-refractivity contribution in [3.05, 3.63) is 112 Å². The average Bonchev–Trinajstić information content (AvgIpc) is 3.65. The molecule has 5 rings (SSSR count). The van der Waals surface area contributed by atoms with Gasteiger partial charge in [0.2, 0.25) is 11.6 Å². The number of aliphatic carboxylic acids is 1. The number of H-pyrrole nitrogens is 2. The van der Waals surface area contributed by atoms with E-state index < -0.39 is 52.9 Å². The van der Waals surface area contributed by atoms with Crippen molar-refractivity contribution in [3.8, 4) is 22.9 Å². The van der Waals surface area contributed by atoms with Crippen LogP contribution >= 0.6 is 0 Å². The van der Waals surface area contributed by atoms with Gasteiger partial charge >= 0.3 is 5.97 Å². The highest BCUT2D eigenvalue weighted by Crippen LogP contribution is 2.38. The third-order valence-corrected chi connectivity index (χ3v) is 6.31. The number of imidazole rings is 1. The molecule has 0 aliphatic rings. The van der Waals surface area contributed by atoms with Gasteiger partial charge in [-0.3, -0.25) is 9.64 Å². The van der Waals surface area contributed by atoms with Gasteiger partial charge in [-0.1, -0.05) is 18.2 Å². The smallest absolute Gasteiger partial charge is 0.303 e. The maximum Gasteiger partial charge on any atom is 0.303 e. The first-order valence-electron chi connectivity index (χ1n) is 13.2. The van der Waals surface area contributed by atoms with E-state index in [0.29, 0.717) is 5.56 Å². The number of nitrogens with one attached hydrogen (secondary N) is 2. The number of aromatic amines is 2. The summed E-state index contributed by atoms with van der Waals surface area (Å²) >= 11 is 0. The van der Waals surface area contributed by atoms with Gasteiger partial charge < -0.3 is 19.8 Å². The molecule has 40 heavy (non-hydrogen) atoms. The van der Waals surface area contributed by atoms with Crippen LogP contribution in [0.1, 0.15) is 34.2 Å². The molecule has 3 aromatic carbocycles. The number of carboxylic acids is 1. The summed E-state index contributed by atoms with van der Waals surface area (Å²) in [6.45, 7) is 4.95. The summed E-state index contributed by atoms with van der Waals surface area (Å²) in [4.78, 5) is 23.7. The Bertz CT molecular complexity index is 1920. The van der Waals surface area contributed by atoms with E-state index >= 15 is 0 Å². The van der Waals surface area contributed by atoms with Gasteiger partial charge in [-0.2, -0.15) is 4.39 Å². The minimum atomic E-state index is -2.97. The lowest BCUT2D eigenvalue weighted by Crippen LogP contribution is -2.19. The zero-order chi connectivity index (χ0) is 31.1. The van der Waals surface area contributed by atoms with E-state index in [-0.39, 0.29) is 46.6 Å². The van der Waals surface area contributed by atoms with Crippen molar-refractivity contribution < 1.29 is 36.3 Å². The zero-order valence-electron chi connectivity index (χ0n) is 23.4. The highest BCUT2D eigenvalue weighted by atomic mass is 19.2. The number of carboxylic acid groups (broad SMARTS) is 1. The van der Waals surface area contributed by atoms with Crippen molar-refractivity contribution in [2.24, 2.45) is 0 Å². The molecule has 1 atom stereocenters. The lowest BCUT2D eigenvalue weighted by atomic mass is 9.88. The van der Waals surface area contributed by atoms with Crippen molar-refractivity contribution in [3.63, 3.8) is 0 Å². The topological polar surface area (TPSA) is 95.4 Å². The molecule has 0 fully saturated rings. The Morgan fingerprint density at radius 3 is 2.73 bits per heavy atom. The molecule has 202 valence electrons. The standard InChI is InChI=1S/C29H20F4N4O3/c1-29(34-2,16-5-3-4-15(12-16)6-9-22(38)39)21-14-36-28(37-21)19-13-17(7-8-20(19)30)40-27-23(31)18-10-11-35-26(18)24(32)25(27)33/h3-5,7-8,10-14,35H,6,9H2,1H3,(H,36,37)(H,38,39)/i1D3. The predicted molar refractivity (Wildman–Crippen MR) is 138 cm³/mol. The summed E-state index contributed by atoms with van der Waals surface area (Å²) < 4.78 is 89.1. The van der Waals surface area contributed by atoms with Crippen molar-refractivity contribution >= 4 is 16.9 Å². The van der Waals surface area contributed by atoms with Crippen molar-refractivity contribution in [1.82, 2.24) is 15.0 Å². The van der Waals surface area contributed by atoms with Gasteiger partial charge in [-0.05, 0) is 42.3 Å². The Hall–Kier alpha value is -5.11. The van der Waals surface area contributed by atoms with Gasteiger partial charge in [0.05, 0.1) is 17.3 Å². The fourth-order valence-electron chi connectivity index (χ4n) is 4.24. The van der Waals surface area contributed by atoms with Crippen LogP contribution in [-0.4, -0.2) is 26.0 Å². The molecule has 0 aliphatic carbocycles. The molecule has 0 spiro atoms. The van der Waals surface area contributed by atoms with Crippen LogP contribution in [0, 0.1) is 29.8 Å². The number of carbonyl (C=O) groups is 1. The van der Waals surface area contributed by atoms with Gasteiger partial charge in [0.25, 0.3) is 5.54 Å². The summed E-state index contributed by atoms with van der Waals surface area (Å²) in [7, 11) is 0. The number of hydrogen-bond acceptors (Lipinski definition) is 3. The molecule has 0 saturated carbocycles. The molecule has 5 aromatic rings. The van der Waals surface area contributed by atoms with Crippen LogP contribution in [0.3, 0.4) is 0 Å². The molecule has 0 aliphatic heterocycles.